The molecule has 4 aromatic heterocycles. The predicted molar refractivity (Wildman–Crippen MR) is 118 cm³/mol. The molecule has 154 valence electrons. The summed E-state index contributed by atoms with van der Waals surface area (Å²) in [4.78, 5) is 17.8. The van der Waals surface area contributed by atoms with Crippen LogP contribution in [0.15, 0.2) is 29.1 Å². The van der Waals surface area contributed by atoms with Gasteiger partial charge in [-0.3, -0.25) is 0 Å². The van der Waals surface area contributed by atoms with Crippen molar-refractivity contribution in [1.82, 2.24) is 15.0 Å². The highest BCUT2D eigenvalue weighted by atomic mass is 32.1. The number of rotatable bonds is 4. The first-order valence-corrected chi connectivity index (χ1v) is 11.4. The molecule has 1 aliphatic heterocycles. The number of nitrogens with zero attached hydrogens (tertiary/aromatic N) is 4. The Bertz CT molecular complexity index is 1200. The lowest BCUT2D eigenvalue weighted by atomic mass is 9.90. The van der Waals surface area contributed by atoms with Crippen molar-refractivity contribution in [3.63, 3.8) is 0 Å². The summed E-state index contributed by atoms with van der Waals surface area (Å²) in [7, 11) is 0. The fourth-order valence-corrected chi connectivity index (χ4v) is 5.71. The van der Waals surface area contributed by atoms with Crippen molar-refractivity contribution in [3.8, 4) is 0 Å². The van der Waals surface area contributed by atoms with E-state index in [4.69, 9.17) is 14.1 Å². The van der Waals surface area contributed by atoms with E-state index >= 15 is 0 Å². The zero-order valence-electron chi connectivity index (χ0n) is 16.7. The van der Waals surface area contributed by atoms with E-state index in [1.807, 2.05) is 12.1 Å². The molecule has 30 heavy (non-hydrogen) atoms. The molecule has 1 N–H and O–H groups in total. The van der Waals surface area contributed by atoms with Gasteiger partial charge in [0.15, 0.2) is 0 Å². The number of pyridine rings is 1. The number of fused-ring (bicyclic) bond motifs is 5. The second kappa shape index (κ2) is 7.52. The average molecular weight is 422 g/mol. The van der Waals surface area contributed by atoms with Gasteiger partial charge in [0.25, 0.3) is 0 Å². The molecule has 0 aromatic carbocycles. The SMILES string of the molecule is c1coc(CNc2ncnc3c2sc2nc(N4CCOCC4)c4c(c23)CCCC4)c1. The van der Waals surface area contributed by atoms with E-state index in [1.165, 1.54) is 29.4 Å². The molecule has 0 atom stereocenters. The molecule has 2 aliphatic rings. The van der Waals surface area contributed by atoms with E-state index in [1.54, 1.807) is 23.9 Å². The molecule has 0 radical (unpaired) electrons. The Morgan fingerprint density at radius 3 is 2.80 bits per heavy atom. The maximum Gasteiger partial charge on any atom is 0.147 e. The van der Waals surface area contributed by atoms with E-state index < -0.39 is 0 Å². The first-order chi connectivity index (χ1) is 14.9. The van der Waals surface area contributed by atoms with E-state index in [2.05, 4.69) is 20.2 Å². The zero-order chi connectivity index (χ0) is 19.9. The summed E-state index contributed by atoms with van der Waals surface area (Å²) in [5.41, 5.74) is 3.87. The van der Waals surface area contributed by atoms with E-state index in [-0.39, 0.29) is 0 Å². The van der Waals surface area contributed by atoms with Crippen LogP contribution in [-0.4, -0.2) is 41.3 Å². The fourth-order valence-electron chi connectivity index (χ4n) is 4.59. The van der Waals surface area contributed by atoms with Gasteiger partial charge in [-0.2, -0.15) is 0 Å². The van der Waals surface area contributed by atoms with Crippen LogP contribution in [0, 0.1) is 0 Å². The van der Waals surface area contributed by atoms with Crippen LogP contribution in [0.4, 0.5) is 11.6 Å². The Morgan fingerprint density at radius 1 is 1.10 bits per heavy atom. The van der Waals surface area contributed by atoms with Gasteiger partial charge in [-0.05, 0) is 48.9 Å². The summed E-state index contributed by atoms with van der Waals surface area (Å²) < 4.78 is 12.1. The second-order valence-corrected chi connectivity index (χ2v) is 8.81. The molecule has 0 saturated carbocycles. The maximum absolute atomic E-state index is 5.57. The molecule has 0 bridgehead atoms. The summed E-state index contributed by atoms with van der Waals surface area (Å²) in [5.74, 6) is 2.88. The largest absolute Gasteiger partial charge is 0.467 e. The minimum Gasteiger partial charge on any atom is -0.467 e. The number of hydrogen-bond acceptors (Lipinski definition) is 8. The van der Waals surface area contributed by atoms with Crippen LogP contribution < -0.4 is 10.2 Å². The van der Waals surface area contributed by atoms with Gasteiger partial charge in [-0.1, -0.05) is 0 Å². The summed E-state index contributed by atoms with van der Waals surface area (Å²) in [6.45, 7) is 3.95. The van der Waals surface area contributed by atoms with Gasteiger partial charge in [-0.15, -0.1) is 11.3 Å². The number of aryl methyl sites for hydroxylation is 1. The maximum atomic E-state index is 5.57. The molecular weight excluding hydrogens is 398 g/mol. The zero-order valence-corrected chi connectivity index (χ0v) is 17.5. The van der Waals surface area contributed by atoms with Crippen molar-refractivity contribution >= 4 is 43.4 Å². The summed E-state index contributed by atoms with van der Waals surface area (Å²) >= 11 is 1.69. The van der Waals surface area contributed by atoms with Crippen molar-refractivity contribution in [2.75, 3.05) is 36.5 Å². The topological polar surface area (TPSA) is 76.3 Å². The number of nitrogens with one attached hydrogen (secondary N) is 1. The van der Waals surface area contributed by atoms with E-state index in [0.717, 1.165) is 71.6 Å². The van der Waals surface area contributed by atoms with Crippen LogP contribution in [-0.2, 0) is 24.1 Å². The van der Waals surface area contributed by atoms with Gasteiger partial charge in [0.2, 0.25) is 0 Å². The third-order valence-electron chi connectivity index (χ3n) is 6.02. The molecule has 8 heteroatoms. The molecule has 1 fully saturated rings. The summed E-state index contributed by atoms with van der Waals surface area (Å²) in [5, 5.41) is 4.65. The molecule has 1 saturated heterocycles. The first-order valence-electron chi connectivity index (χ1n) is 10.6. The number of anilines is 2. The lowest BCUT2D eigenvalue weighted by Gasteiger charge is -2.31. The van der Waals surface area contributed by atoms with Gasteiger partial charge < -0.3 is 19.4 Å². The Labute approximate surface area is 178 Å². The monoisotopic (exact) mass is 421 g/mol. The Hall–Kier alpha value is -2.71. The number of hydrogen-bond donors (Lipinski definition) is 1. The lowest BCUT2D eigenvalue weighted by Crippen LogP contribution is -2.37. The van der Waals surface area contributed by atoms with Crippen LogP contribution in [0.1, 0.15) is 29.7 Å². The summed E-state index contributed by atoms with van der Waals surface area (Å²) in [6.07, 6.45) is 7.98. The molecule has 0 spiro atoms. The molecular formula is C22H23N5O2S. The van der Waals surface area contributed by atoms with Gasteiger partial charge in [0.05, 0.1) is 36.2 Å². The minimum atomic E-state index is 0.595. The van der Waals surface area contributed by atoms with Gasteiger partial charge >= 0.3 is 0 Å². The normalized spacial score (nSPS) is 16.9. The molecule has 7 nitrogen and oxygen atoms in total. The number of aromatic nitrogens is 3. The fraction of sp³-hybridized carbons (Fsp3) is 0.409. The number of furan rings is 1. The van der Waals surface area contributed by atoms with E-state index in [9.17, 15) is 0 Å². The van der Waals surface area contributed by atoms with Gasteiger partial charge in [-0.25, -0.2) is 15.0 Å². The quantitative estimate of drug-likeness (QED) is 0.530. The van der Waals surface area contributed by atoms with Gasteiger partial charge in [0, 0.05) is 18.5 Å². The summed E-state index contributed by atoms with van der Waals surface area (Å²) in [6, 6.07) is 3.86. The van der Waals surface area contributed by atoms with Crippen LogP contribution in [0.2, 0.25) is 0 Å². The molecule has 5 heterocycles. The minimum absolute atomic E-state index is 0.595. The highest BCUT2D eigenvalue weighted by Gasteiger charge is 2.26. The number of ether oxygens (including phenoxy) is 1. The Balaban J connectivity index is 1.49. The third kappa shape index (κ3) is 3.02. The molecule has 0 amide bonds. The highest BCUT2D eigenvalue weighted by molar-refractivity contribution is 7.26. The number of morpholine rings is 1. The van der Waals surface area contributed by atoms with Crippen molar-refractivity contribution < 1.29 is 9.15 Å². The van der Waals surface area contributed by atoms with Crippen LogP contribution >= 0.6 is 11.3 Å². The van der Waals surface area contributed by atoms with Crippen LogP contribution in [0.3, 0.4) is 0 Å². The van der Waals surface area contributed by atoms with Crippen LogP contribution in [0.25, 0.3) is 20.4 Å². The molecule has 4 aromatic rings. The van der Waals surface area contributed by atoms with Crippen molar-refractivity contribution in [2.24, 2.45) is 0 Å². The Kier molecular flexibility index (Phi) is 4.53. The molecule has 0 unspecified atom stereocenters. The highest BCUT2D eigenvalue weighted by Crippen LogP contribution is 2.42. The average Bonchev–Trinajstić information content (AvgIpc) is 3.45. The lowest BCUT2D eigenvalue weighted by molar-refractivity contribution is 0.122. The predicted octanol–water partition coefficient (Wildman–Crippen LogP) is 4.16. The second-order valence-electron chi connectivity index (χ2n) is 7.81. The number of thiophene rings is 1. The van der Waals surface area contributed by atoms with Crippen molar-refractivity contribution in [2.45, 2.75) is 32.2 Å². The van der Waals surface area contributed by atoms with Crippen LogP contribution in [0.5, 0.6) is 0 Å². The van der Waals surface area contributed by atoms with Crippen molar-refractivity contribution in [1.29, 1.82) is 0 Å². The molecule has 6 rings (SSSR count). The van der Waals surface area contributed by atoms with E-state index in [0.29, 0.717) is 6.54 Å². The standard InChI is InChI=1S/C22H23N5O2S/c1-2-6-16-15(5-1)17-18-19(20(25-13-24-18)23-12-14-4-3-9-29-14)30-22(17)26-21(16)27-7-10-28-11-8-27/h3-4,9,13H,1-2,5-8,10-12H2,(H,23,24,25). The molecule has 1 aliphatic carbocycles. The smallest absolute Gasteiger partial charge is 0.147 e. The van der Waals surface area contributed by atoms with Crippen molar-refractivity contribution in [3.05, 3.63) is 41.6 Å². The van der Waals surface area contributed by atoms with Gasteiger partial charge in [0.1, 0.15) is 28.6 Å². The first kappa shape index (κ1) is 18.1. The Morgan fingerprint density at radius 2 is 1.97 bits per heavy atom. The third-order valence-corrected chi connectivity index (χ3v) is 7.10.